The Morgan fingerprint density at radius 1 is 1.00 bits per heavy atom. The molecule has 1 amide bonds. The number of para-hydroxylation sites is 2. The second-order valence-corrected chi connectivity index (χ2v) is 9.02. The minimum absolute atomic E-state index is 0.0700. The Morgan fingerprint density at radius 2 is 1.68 bits per heavy atom. The maximum atomic E-state index is 13.7. The molecule has 2 bridgehead atoms. The van der Waals surface area contributed by atoms with Crippen LogP contribution < -0.4 is 5.32 Å². The quantitative estimate of drug-likeness (QED) is 0.689. The van der Waals surface area contributed by atoms with E-state index < -0.39 is 5.41 Å². The molecule has 1 saturated carbocycles. The molecular weight excluding hydrogens is 372 g/mol. The molecule has 1 aromatic carbocycles. The third-order valence-corrected chi connectivity index (χ3v) is 7.52. The molecule has 2 heterocycles. The van der Waals surface area contributed by atoms with Crippen molar-refractivity contribution in [2.24, 2.45) is 5.41 Å². The van der Waals surface area contributed by atoms with Gasteiger partial charge < -0.3 is 5.32 Å². The van der Waals surface area contributed by atoms with Gasteiger partial charge in [-0.1, -0.05) is 44.5 Å². The molecule has 5 nitrogen and oxygen atoms in total. The summed E-state index contributed by atoms with van der Waals surface area (Å²) in [5, 5.41) is 3.55. The third-order valence-electron chi connectivity index (χ3n) is 7.30. The van der Waals surface area contributed by atoms with E-state index in [0.29, 0.717) is 10.8 Å². The standard InChI is InChI=1S/C22H21ClN4O/c1-20(2)21(3)10-11-22(20,19(28)27-16-9-8-13(23)12-24-16)18-17(21)25-14-6-4-5-7-15(14)26-18/h4-9,12H,10-11H2,1-3H3,(H,24,27,28)/t21-,22+/m1/s1. The Morgan fingerprint density at radius 3 is 2.32 bits per heavy atom. The van der Waals surface area contributed by atoms with Gasteiger partial charge >= 0.3 is 0 Å². The van der Waals surface area contributed by atoms with Crippen molar-refractivity contribution >= 4 is 34.4 Å². The van der Waals surface area contributed by atoms with Crippen molar-refractivity contribution in [1.29, 1.82) is 0 Å². The lowest BCUT2D eigenvalue weighted by molar-refractivity contribution is -0.125. The van der Waals surface area contributed by atoms with Crippen LogP contribution in [-0.2, 0) is 15.6 Å². The molecule has 0 saturated heterocycles. The number of halogens is 1. The van der Waals surface area contributed by atoms with Crippen LogP contribution in [0.5, 0.6) is 0 Å². The SMILES string of the molecule is CC1(C)[C@]2(C)CC[C@@]1(C(=O)Nc1ccc(Cl)cn1)c1nc3ccccc3nc12. The fraction of sp³-hybridized carbons (Fsp3) is 0.364. The molecule has 5 rings (SSSR count). The molecule has 2 aliphatic rings. The number of hydrogen-bond donors (Lipinski definition) is 1. The maximum Gasteiger partial charge on any atom is 0.238 e. The van der Waals surface area contributed by atoms with Crippen molar-refractivity contribution in [1.82, 2.24) is 15.0 Å². The van der Waals surface area contributed by atoms with Crippen molar-refractivity contribution in [2.75, 3.05) is 5.32 Å². The second kappa shape index (κ2) is 5.51. The van der Waals surface area contributed by atoms with Gasteiger partial charge in [0.15, 0.2) is 0 Å². The zero-order valence-corrected chi connectivity index (χ0v) is 16.8. The predicted molar refractivity (Wildman–Crippen MR) is 109 cm³/mol. The van der Waals surface area contributed by atoms with Gasteiger partial charge in [0.2, 0.25) is 5.91 Å². The van der Waals surface area contributed by atoms with Gasteiger partial charge in [0.1, 0.15) is 5.82 Å². The highest BCUT2D eigenvalue weighted by atomic mass is 35.5. The number of rotatable bonds is 2. The molecule has 1 N–H and O–H groups in total. The fourth-order valence-corrected chi connectivity index (χ4v) is 5.33. The number of carbonyl (C=O) groups is 1. The van der Waals surface area contributed by atoms with Crippen LogP contribution in [0.15, 0.2) is 42.6 Å². The van der Waals surface area contributed by atoms with E-state index in [4.69, 9.17) is 21.6 Å². The number of hydrogen-bond acceptors (Lipinski definition) is 4. The molecule has 0 unspecified atom stereocenters. The van der Waals surface area contributed by atoms with Crippen LogP contribution in [0.2, 0.25) is 5.02 Å². The minimum Gasteiger partial charge on any atom is -0.310 e. The zero-order valence-electron chi connectivity index (χ0n) is 16.1. The highest BCUT2D eigenvalue weighted by Crippen LogP contribution is 2.70. The second-order valence-electron chi connectivity index (χ2n) is 8.59. The van der Waals surface area contributed by atoms with Crippen molar-refractivity contribution < 1.29 is 4.79 Å². The van der Waals surface area contributed by atoms with E-state index in [0.717, 1.165) is 35.3 Å². The maximum absolute atomic E-state index is 13.7. The van der Waals surface area contributed by atoms with Crippen LogP contribution in [0.25, 0.3) is 11.0 Å². The number of nitrogens with one attached hydrogen (secondary N) is 1. The summed E-state index contributed by atoms with van der Waals surface area (Å²) < 4.78 is 0. The van der Waals surface area contributed by atoms with Gasteiger partial charge in [-0.25, -0.2) is 15.0 Å². The Balaban J connectivity index is 1.69. The van der Waals surface area contributed by atoms with Crippen LogP contribution in [-0.4, -0.2) is 20.9 Å². The largest absolute Gasteiger partial charge is 0.310 e. The number of anilines is 1. The van der Waals surface area contributed by atoms with Crippen LogP contribution in [0.4, 0.5) is 5.82 Å². The summed E-state index contributed by atoms with van der Waals surface area (Å²) in [5.74, 6) is 0.426. The number of benzene rings is 1. The van der Waals surface area contributed by atoms with Gasteiger partial charge in [-0.15, -0.1) is 0 Å². The lowest BCUT2D eigenvalue weighted by atomic mass is 9.63. The summed E-state index contributed by atoms with van der Waals surface area (Å²) in [6.07, 6.45) is 3.19. The van der Waals surface area contributed by atoms with Gasteiger partial charge in [-0.2, -0.15) is 0 Å². The van der Waals surface area contributed by atoms with E-state index in [2.05, 4.69) is 31.1 Å². The molecule has 0 spiro atoms. The lowest BCUT2D eigenvalue weighted by Gasteiger charge is -2.39. The van der Waals surface area contributed by atoms with Crippen molar-refractivity contribution in [3.05, 3.63) is 59.0 Å². The van der Waals surface area contributed by atoms with Crippen LogP contribution in [0, 0.1) is 5.41 Å². The first-order chi connectivity index (χ1) is 13.3. The normalized spacial score (nSPS) is 27.0. The third kappa shape index (κ3) is 1.97. The molecule has 0 radical (unpaired) electrons. The summed E-state index contributed by atoms with van der Waals surface area (Å²) >= 11 is 5.93. The first-order valence-electron chi connectivity index (χ1n) is 9.50. The Bertz CT molecular complexity index is 1130. The molecule has 6 heteroatoms. The summed E-state index contributed by atoms with van der Waals surface area (Å²) in [6.45, 7) is 6.56. The van der Waals surface area contributed by atoms with Gasteiger partial charge in [0, 0.05) is 11.6 Å². The minimum atomic E-state index is -0.741. The predicted octanol–water partition coefficient (Wildman–Crippen LogP) is 4.65. The van der Waals surface area contributed by atoms with E-state index in [-0.39, 0.29) is 16.7 Å². The molecule has 2 aliphatic carbocycles. The van der Waals surface area contributed by atoms with E-state index in [1.54, 1.807) is 12.1 Å². The van der Waals surface area contributed by atoms with E-state index in [1.165, 1.54) is 6.20 Å². The smallest absolute Gasteiger partial charge is 0.238 e. The number of nitrogens with zero attached hydrogens (tertiary/aromatic N) is 3. The van der Waals surface area contributed by atoms with Crippen LogP contribution >= 0.6 is 11.6 Å². The topological polar surface area (TPSA) is 67.8 Å². The first kappa shape index (κ1) is 17.6. The van der Waals surface area contributed by atoms with Crippen molar-refractivity contribution in [2.45, 2.75) is 44.4 Å². The molecule has 1 fully saturated rings. The Hall–Kier alpha value is -2.53. The average molecular weight is 393 g/mol. The summed E-state index contributed by atoms with van der Waals surface area (Å²) in [7, 11) is 0. The van der Waals surface area contributed by atoms with Crippen LogP contribution in [0.1, 0.15) is 45.0 Å². The summed E-state index contributed by atoms with van der Waals surface area (Å²) in [6, 6.07) is 11.3. The van der Waals surface area contributed by atoms with E-state index in [1.807, 2.05) is 24.3 Å². The van der Waals surface area contributed by atoms with Crippen molar-refractivity contribution in [3.63, 3.8) is 0 Å². The first-order valence-corrected chi connectivity index (χ1v) is 9.88. The molecular formula is C22H21ClN4O. The zero-order chi connectivity index (χ0) is 19.7. The summed E-state index contributed by atoms with van der Waals surface area (Å²) in [4.78, 5) is 27.9. The van der Waals surface area contributed by atoms with Gasteiger partial charge in [0.05, 0.1) is 32.9 Å². The van der Waals surface area contributed by atoms with Crippen molar-refractivity contribution in [3.8, 4) is 0 Å². The van der Waals surface area contributed by atoms with Gasteiger partial charge in [-0.05, 0) is 42.5 Å². The number of pyridine rings is 1. The van der Waals surface area contributed by atoms with E-state index >= 15 is 0 Å². The van der Waals surface area contributed by atoms with E-state index in [9.17, 15) is 4.79 Å². The number of aromatic nitrogens is 3. The lowest BCUT2D eigenvalue weighted by Crippen LogP contribution is -2.48. The number of fused-ring (bicyclic) bond motifs is 6. The Kier molecular flexibility index (Phi) is 3.45. The average Bonchev–Trinajstić information content (AvgIpc) is 2.98. The summed E-state index contributed by atoms with van der Waals surface area (Å²) in [5.41, 5.74) is 2.21. The number of carbonyl (C=O) groups excluding carboxylic acids is 1. The monoisotopic (exact) mass is 392 g/mol. The molecule has 2 atom stereocenters. The molecule has 2 aromatic heterocycles. The molecule has 142 valence electrons. The molecule has 3 aromatic rings. The highest BCUT2D eigenvalue weighted by molar-refractivity contribution is 6.30. The van der Waals surface area contributed by atoms with Gasteiger partial charge in [0.25, 0.3) is 0 Å². The molecule has 28 heavy (non-hydrogen) atoms. The number of amides is 1. The van der Waals surface area contributed by atoms with Crippen LogP contribution in [0.3, 0.4) is 0 Å². The Labute approximate surface area is 168 Å². The molecule has 0 aliphatic heterocycles. The highest BCUT2D eigenvalue weighted by Gasteiger charge is 2.73. The fourth-order valence-electron chi connectivity index (χ4n) is 5.22. The van der Waals surface area contributed by atoms with Gasteiger partial charge in [-0.3, -0.25) is 4.79 Å².